The van der Waals surface area contributed by atoms with Crippen molar-refractivity contribution in [2.45, 2.75) is 12.3 Å². The topological polar surface area (TPSA) is 37.3 Å². The zero-order valence-electron chi connectivity index (χ0n) is 7.71. The standard InChI is InChI=1S/C11H8Cl2O2/c12-7-2-1-4-5(10(7)13)3-6-8(4)9(6)11(14)15/h1-2,6,8-9H,3H2,(H,14,15)/t6-,8-,9-/m1/s1. The van der Waals surface area contributed by atoms with Gasteiger partial charge in [0.05, 0.1) is 16.0 Å². The van der Waals surface area contributed by atoms with Crippen LogP contribution >= 0.6 is 23.2 Å². The molecule has 4 heteroatoms. The third-order valence-electron chi connectivity index (χ3n) is 3.48. The number of aliphatic carboxylic acids is 1. The summed E-state index contributed by atoms with van der Waals surface area (Å²) < 4.78 is 0. The summed E-state index contributed by atoms with van der Waals surface area (Å²) in [5.41, 5.74) is 2.14. The van der Waals surface area contributed by atoms with Gasteiger partial charge in [0.25, 0.3) is 0 Å². The highest BCUT2D eigenvalue weighted by Gasteiger charge is 2.60. The van der Waals surface area contributed by atoms with Crippen molar-refractivity contribution in [3.05, 3.63) is 33.3 Å². The van der Waals surface area contributed by atoms with Crippen molar-refractivity contribution in [1.82, 2.24) is 0 Å². The predicted molar refractivity (Wildman–Crippen MR) is 57.5 cm³/mol. The van der Waals surface area contributed by atoms with Crippen LogP contribution in [0.1, 0.15) is 17.0 Å². The van der Waals surface area contributed by atoms with Crippen LogP contribution in [0.5, 0.6) is 0 Å². The summed E-state index contributed by atoms with van der Waals surface area (Å²) in [5.74, 6) is -0.475. The fourth-order valence-corrected chi connectivity index (χ4v) is 3.18. The van der Waals surface area contributed by atoms with E-state index in [2.05, 4.69) is 0 Å². The van der Waals surface area contributed by atoms with Gasteiger partial charge in [-0.2, -0.15) is 0 Å². The molecule has 3 rings (SSSR count). The van der Waals surface area contributed by atoms with Gasteiger partial charge >= 0.3 is 5.97 Å². The van der Waals surface area contributed by atoms with Crippen molar-refractivity contribution in [2.24, 2.45) is 11.8 Å². The third kappa shape index (κ3) is 1.15. The highest BCUT2D eigenvalue weighted by molar-refractivity contribution is 6.42. The molecule has 0 radical (unpaired) electrons. The molecule has 1 N–H and O–H groups in total. The van der Waals surface area contributed by atoms with Gasteiger partial charge in [-0.15, -0.1) is 0 Å². The first-order valence-electron chi connectivity index (χ1n) is 4.81. The fraction of sp³-hybridized carbons (Fsp3) is 0.364. The second-order valence-electron chi connectivity index (χ2n) is 4.19. The Hall–Kier alpha value is -0.730. The van der Waals surface area contributed by atoms with Gasteiger partial charge in [-0.25, -0.2) is 0 Å². The van der Waals surface area contributed by atoms with E-state index in [9.17, 15) is 4.79 Å². The number of hydrogen-bond donors (Lipinski definition) is 1. The maximum Gasteiger partial charge on any atom is 0.307 e. The molecule has 2 nitrogen and oxygen atoms in total. The lowest BCUT2D eigenvalue weighted by Crippen LogP contribution is -2.05. The Morgan fingerprint density at radius 3 is 2.80 bits per heavy atom. The molecule has 78 valence electrons. The first-order valence-corrected chi connectivity index (χ1v) is 5.56. The van der Waals surface area contributed by atoms with Crippen LogP contribution < -0.4 is 0 Å². The van der Waals surface area contributed by atoms with Crippen LogP contribution in [0.3, 0.4) is 0 Å². The van der Waals surface area contributed by atoms with E-state index in [0.717, 1.165) is 17.5 Å². The fourth-order valence-electron chi connectivity index (χ4n) is 2.75. The Kier molecular flexibility index (Phi) is 1.83. The van der Waals surface area contributed by atoms with E-state index in [0.29, 0.717) is 10.0 Å². The van der Waals surface area contributed by atoms with Crippen LogP contribution in [0.25, 0.3) is 0 Å². The molecular formula is C11H8Cl2O2. The van der Waals surface area contributed by atoms with Gasteiger partial charge in [-0.3, -0.25) is 4.79 Å². The molecule has 0 unspecified atom stereocenters. The maximum absolute atomic E-state index is 10.9. The van der Waals surface area contributed by atoms with Crippen molar-refractivity contribution < 1.29 is 9.90 Å². The van der Waals surface area contributed by atoms with Crippen molar-refractivity contribution >= 4 is 29.2 Å². The zero-order chi connectivity index (χ0) is 10.7. The number of rotatable bonds is 1. The molecule has 1 saturated carbocycles. The summed E-state index contributed by atoms with van der Waals surface area (Å²) in [5, 5.41) is 10.1. The van der Waals surface area contributed by atoms with Gasteiger partial charge < -0.3 is 5.11 Å². The quantitative estimate of drug-likeness (QED) is 0.823. The highest BCUT2D eigenvalue weighted by atomic mass is 35.5. The van der Waals surface area contributed by atoms with E-state index < -0.39 is 5.97 Å². The smallest absolute Gasteiger partial charge is 0.307 e. The van der Waals surface area contributed by atoms with Crippen LogP contribution in [-0.4, -0.2) is 11.1 Å². The second kappa shape index (κ2) is 2.89. The van der Waals surface area contributed by atoms with E-state index in [1.807, 2.05) is 6.07 Å². The summed E-state index contributed by atoms with van der Waals surface area (Å²) in [7, 11) is 0. The van der Waals surface area contributed by atoms with Gasteiger partial charge in [0.15, 0.2) is 0 Å². The number of benzene rings is 1. The summed E-state index contributed by atoms with van der Waals surface area (Å²) in [6.45, 7) is 0. The van der Waals surface area contributed by atoms with Crippen LogP contribution in [-0.2, 0) is 11.2 Å². The van der Waals surface area contributed by atoms with Gasteiger partial charge in [0, 0.05) is 5.92 Å². The number of carbonyl (C=O) groups is 1. The van der Waals surface area contributed by atoms with Gasteiger partial charge in [0.2, 0.25) is 0 Å². The van der Waals surface area contributed by atoms with Crippen molar-refractivity contribution in [2.75, 3.05) is 0 Å². The monoisotopic (exact) mass is 242 g/mol. The minimum absolute atomic E-state index is 0.173. The number of carboxylic acid groups (broad SMARTS) is 1. The average molecular weight is 243 g/mol. The SMILES string of the molecule is O=C(O)[C@@H]1[C@@H]2Cc3c(ccc(Cl)c3Cl)[C@H]21. The molecule has 1 fully saturated rings. The predicted octanol–water partition coefficient (Wildman–Crippen LogP) is 2.96. The molecule has 2 aliphatic carbocycles. The molecule has 0 amide bonds. The summed E-state index contributed by atoms with van der Waals surface area (Å²) in [6, 6.07) is 3.67. The van der Waals surface area contributed by atoms with Crippen LogP contribution in [0.4, 0.5) is 0 Å². The minimum atomic E-state index is -0.693. The minimum Gasteiger partial charge on any atom is -0.481 e. The summed E-state index contributed by atoms with van der Waals surface area (Å²) in [4.78, 5) is 10.9. The first kappa shape index (κ1) is 9.49. The molecule has 1 aromatic rings. The molecule has 0 aliphatic heterocycles. The van der Waals surface area contributed by atoms with E-state index in [-0.39, 0.29) is 17.8 Å². The Bertz CT molecular complexity index is 470. The summed E-state index contributed by atoms with van der Waals surface area (Å²) >= 11 is 12.0. The number of hydrogen-bond acceptors (Lipinski definition) is 1. The number of halogens is 2. The molecule has 1 aromatic carbocycles. The number of fused-ring (bicyclic) bond motifs is 3. The molecule has 15 heavy (non-hydrogen) atoms. The molecule has 3 atom stereocenters. The van der Waals surface area contributed by atoms with Crippen LogP contribution in [0, 0.1) is 11.8 Å². The van der Waals surface area contributed by atoms with Crippen molar-refractivity contribution in [1.29, 1.82) is 0 Å². The van der Waals surface area contributed by atoms with Gasteiger partial charge in [-0.1, -0.05) is 29.3 Å². The van der Waals surface area contributed by atoms with Crippen LogP contribution in [0.15, 0.2) is 12.1 Å². The van der Waals surface area contributed by atoms with Crippen LogP contribution in [0.2, 0.25) is 10.0 Å². The highest BCUT2D eigenvalue weighted by Crippen LogP contribution is 2.62. The third-order valence-corrected chi connectivity index (χ3v) is 4.33. The van der Waals surface area contributed by atoms with Gasteiger partial charge in [-0.05, 0) is 29.5 Å². The first-order chi connectivity index (χ1) is 7.11. The zero-order valence-corrected chi connectivity index (χ0v) is 9.22. The molecule has 2 aliphatic rings. The number of carboxylic acids is 1. The Labute approximate surface area is 96.8 Å². The molecule has 0 saturated heterocycles. The molecule has 0 aromatic heterocycles. The normalized spacial score (nSPS) is 30.9. The lowest BCUT2D eigenvalue weighted by molar-refractivity contribution is -0.139. The largest absolute Gasteiger partial charge is 0.481 e. The van der Waals surface area contributed by atoms with E-state index in [1.165, 1.54) is 0 Å². The molecular weight excluding hydrogens is 235 g/mol. The molecule has 0 bridgehead atoms. The molecule has 0 heterocycles. The lowest BCUT2D eigenvalue weighted by atomic mass is 10.0. The molecule has 0 spiro atoms. The van der Waals surface area contributed by atoms with Crippen molar-refractivity contribution in [3.8, 4) is 0 Å². The Morgan fingerprint density at radius 2 is 2.13 bits per heavy atom. The average Bonchev–Trinajstić information content (AvgIpc) is 2.78. The van der Waals surface area contributed by atoms with E-state index >= 15 is 0 Å². The summed E-state index contributed by atoms with van der Waals surface area (Å²) in [6.07, 6.45) is 0.760. The Balaban J connectivity index is 2.04. The maximum atomic E-state index is 10.9. The van der Waals surface area contributed by atoms with E-state index in [4.69, 9.17) is 28.3 Å². The van der Waals surface area contributed by atoms with E-state index in [1.54, 1.807) is 6.07 Å². The second-order valence-corrected chi connectivity index (χ2v) is 4.97. The lowest BCUT2D eigenvalue weighted by Gasteiger charge is -2.08. The Morgan fingerprint density at radius 1 is 1.40 bits per heavy atom. The van der Waals surface area contributed by atoms with Crippen molar-refractivity contribution in [3.63, 3.8) is 0 Å². The van der Waals surface area contributed by atoms with Gasteiger partial charge in [0.1, 0.15) is 0 Å².